The first-order valence-corrected chi connectivity index (χ1v) is 49.1. The van der Waals surface area contributed by atoms with Crippen LogP contribution in [-0.4, -0.2) is 68.0 Å². The molecule has 0 saturated carbocycles. The number of benzene rings is 19. The first-order chi connectivity index (χ1) is 69.3. The number of para-hydroxylation sites is 9. The summed E-state index contributed by atoms with van der Waals surface area (Å²) in [6, 6.07) is 175. The van der Waals surface area contributed by atoms with Crippen LogP contribution in [0.4, 0.5) is 34.1 Å². The fourth-order valence-corrected chi connectivity index (χ4v) is 19.4. The summed E-state index contributed by atoms with van der Waals surface area (Å²) in [5.74, 6) is 0.942. The first-order valence-electron chi connectivity index (χ1n) is 47.8. The van der Waals surface area contributed by atoms with Crippen molar-refractivity contribution in [2.24, 2.45) is 4.66 Å². The molecule has 24 rings (SSSR count). The minimum Gasteiger partial charge on any atom is -0.393 e. The summed E-state index contributed by atoms with van der Waals surface area (Å²) in [6.45, 7) is 7.94. The second kappa shape index (κ2) is 48.2. The summed E-state index contributed by atoms with van der Waals surface area (Å²) in [6.07, 6.45) is 3.66. The number of hydrogen-bond acceptors (Lipinski definition) is 7. The number of nitrogens with zero attached hydrogens (tertiary/aromatic N) is 8. The van der Waals surface area contributed by atoms with Crippen molar-refractivity contribution in [1.82, 2.24) is 23.7 Å². The molecule has 19 aromatic carbocycles. The quantitative estimate of drug-likeness (QED) is 0.0535. The minimum absolute atomic E-state index is 0. The summed E-state index contributed by atoms with van der Waals surface area (Å²) in [5.41, 5.74) is 30.7. The number of anilines is 6. The third-order valence-electron chi connectivity index (χ3n) is 25.9. The minimum atomic E-state index is -0.375. The Hall–Kier alpha value is -14.6. The van der Waals surface area contributed by atoms with E-state index in [9.17, 15) is 0 Å². The van der Waals surface area contributed by atoms with Crippen molar-refractivity contribution in [3.8, 4) is 73.1 Å². The van der Waals surface area contributed by atoms with Gasteiger partial charge in [-0.05, 0) is 249 Å². The maximum atomic E-state index is 8.56. The predicted molar refractivity (Wildman–Crippen MR) is 602 cm³/mol. The third kappa shape index (κ3) is 22.5. The molecule has 0 amide bonds. The fraction of sp³-hybridized carbons (Fsp3) is 0.0866. The number of aromatic nitrogens is 5. The maximum absolute atomic E-state index is 8.56. The largest absolute Gasteiger partial charge is 0.393 e. The van der Waals surface area contributed by atoms with Gasteiger partial charge in [0.15, 0.2) is 0 Å². The van der Waals surface area contributed by atoms with Crippen LogP contribution in [0.3, 0.4) is 0 Å². The number of imidazole rings is 1. The van der Waals surface area contributed by atoms with E-state index in [1.165, 1.54) is 121 Å². The number of hydrogen-bond donors (Lipinski definition) is 2. The number of rotatable bonds is 17. The van der Waals surface area contributed by atoms with Crippen LogP contribution in [0, 0.1) is 12.1 Å². The number of aliphatic hydroxyl groups is 2. The fourth-order valence-electron chi connectivity index (χ4n) is 19.4. The second-order valence-corrected chi connectivity index (χ2v) is 35.5. The molecule has 2 N–H and O–H groups in total. The predicted octanol–water partition coefficient (Wildman–Crippen LogP) is 32.8. The third-order valence-corrected chi connectivity index (χ3v) is 25.9. The Bertz CT molecular complexity index is 7670. The molecule has 4 heterocycles. The van der Waals surface area contributed by atoms with Crippen LogP contribution in [0.5, 0.6) is 0 Å². The number of aliphatic hydroxyl groups excluding tert-OH is 2. The molecule has 1 aliphatic carbocycles. The average Bonchev–Trinajstić information content (AvgIpc) is 1.62. The molecular formula is C127H106B2Ir2N8O2P2-2. The Balaban J connectivity index is 0.000000138. The maximum Gasteiger partial charge on any atom is 0.265 e. The number of fused-ring (bicyclic) bond motifs is 12. The molecule has 0 saturated heterocycles. The van der Waals surface area contributed by atoms with Crippen LogP contribution >= 0.6 is 18.3 Å². The molecule has 0 fully saturated rings. The van der Waals surface area contributed by atoms with Gasteiger partial charge in [-0.2, -0.15) is 0 Å². The van der Waals surface area contributed by atoms with Crippen LogP contribution in [0.1, 0.15) is 58.1 Å². The van der Waals surface area contributed by atoms with Gasteiger partial charge in [-0.15, -0.1) is 74.5 Å². The molecule has 0 aliphatic heterocycles. The SMILES string of the molecule is CC(O)CC(C)O.CCC1(CC)c2ccccc2-c2c[c-]c(-c3nc4ccccc4n3-c3ccccc3)cc21.[B]CP.[B]N=P.[Ir].[Ir].[c-]1ccccc1-c1ccccn1.c1ccc(N(c2ccc(-c3ccc(N(c4ccccc4)c4ccc5ccccc5c4)cc3)cc2)c2ccc3ccccc3c2)cc1.c1ccc2c(c1)c1ccccc1n2-c1ccc(-c2ccc(-n3c4ccccc4c4ccccc43)cc2)cc1. The Labute approximate surface area is 872 Å². The van der Waals surface area contributed by atoms with Gasteiger partial charge in [0, 0.05) is 125 Å². The molecule has 0 spiro atoms. The second-order valence-electron chi connectivity index (χ2n) is 34.7. The van der Waals surface area contributed by atoms with Gasteiger partial charge in [-0.3, -0.25) is 4.98 Å². The van der Waals surface area contributed by atoms with Gasteiger partial charge in [0.05, 0.1) is 59.0 Å². The van der Waals surface area contributed by atoms with Crippen molar-refractivity contribution in [1.29, 1.82) is 0 Å². The summed E-state index contributed by atoms with van der Waals surface area (Å²) >= 11 is 0. The van der Waals surface area contributed by atoms with Crippen molar-refractivity contribution in [2.75, 3.05) is 15.9 Å². The van der Waals surface area contributed by atoms with Crippen molar-refractivity contribution in [2.45, 2.75) is 64.6 Å². The summed E-state index contributed by atoms with van der Waals surface area (Å²) < 4.78 is 9.79. The van der Waals surface area contributed by atoms with Gasteiger partial charge in [0.25, 0.3) is 7.98 Å². The zero-order valence-electron chi connectivity index (χ0n) is 80.0. The van der Waals surface area contributed by atoms with Crippen molar-refractivity contribution in [3.05, 3.63) is 503 Å². The molecule has 10 nitrogen and oxygen atoms in total. The van der Waals surface area contributed by atoms with Gasteiger partial charge >= 0.3 is 0 Å². The Morgan fingerprint density at radius 1 is 0.364 bits per heavy atom. The van der Waals surface area contributed by atoms with Gasteiger partial charge in [-0.1, -0.05) is 316 Å². The molecule has 0 bridgehead atoms. The van der Waals surface area contributed by atoms with E-state index in [2.05, 4.69) is 516 Å². The Morgan fingerprint density at radius 3 is 1.15 bits per heavy atom. The van der Waals surface area contributed by atoms with E-state index in [4.69, 9.17) is 23.0 Å². The topological polar surface area (TPSA) is 99.9 Å². The first kappa shape index (κ1) is 101. The smallest absolute Gasteiger partial charge is 0.265 e. The Kier molecular flexibility index (Phi) is 34.2. The summed E-state index contributed by atoms with van der Waals surface area (Å²) in [4.78, 5) is 13.9. The van der Waals surface area contributed by atoms with Crippen LogP contribution in [-0.2, 0) is 45.6 Å². The van der Waals surface area contributed by atoms with Crippen molar-refractivity contribution >= 4 is 144 Å². The van der Waals surface area contributed by atoms with E-state index in [1.54, 1.807) is 20.0 Å². The van der Waals surface area contributed by atoms with Gasteiger partial charge in [-0.25, -0.2) is 0 Å². The summed E-state index contributed by atoms with van der Waals surface area (Å²) in [5, 5.41) is 27.2. The Morgan fingerprint density at radius 2 is 0.727 bits per heavy atom. The average molecular weight is 2240 g/mol. The molecule has 3 unspecified atom stereocenters. The van der Waals surface area contributed by atoms with Crippen molar-refractivity contribution in [3.63, 3.8) is 0 Å². The van der Waals surface area contributed by atoms with Gasteiger partial charge in [0.2, 0.25) is 0 Å². The van der Waals surface area contributed by atoms with E-state index >= 15 is 0 Å². The molecule has 3 atom stereocenters. The van der Waals surface area contributed by atoms with E-state index in [0.29, 0.717) is 12.5 Å². The van der Waals surface area contributed by atoms with Crippen LogP contribution in [0.2, 0.25) is 0 Å². The summed E-state index contributed by atoms with van der Waals surface area (Å²) in [7, 11) is 14.1. The zero-order chi connectivity index (χ0) is 97.0. The molecule has 143 heavy (non-hydrogen) atoms. The molecule has 23 aromatic rings. The van der Waals surface area contributed by atoms with E-state index in [-0.39, 0.29) is 57.8 Å². The monoisotopic (exact) mass is 2240 g/mol. The van der Waals surface area contributed by atoms with Crippen LogP contribution < -0.4 is 9.80 Å². The molecule has 6 radical (unpaired) electrons. The van der Waals surface area contributed by atoms with Crippen LogP contribution in [0.25, 0.3) is 149 Å². The van der Waals surface area contributed by atoms with Crippen molar-refractivity contribution < 1.29 is 50.4 Å². The molecule has 702 valence electrons. The normalized spacial score (nSPS) is 11.7. The van der Waals surface area contributed by atoms with E-state index in [1.807, 2.05) is 42.5 Å². The standard InChI is InChI=1S/C44H32N2.C36H24N2.C30H25N2.C11H8N.C5H12O2.CH4BP.BHNP.2Ir/c1-3-15-39(16-4-1)45(43-29-23-33-11-7-9-13-37(33)31-43)41-25-19-35(20-26-41)36-21-27-42(28-22-36)46(40-17-5-2-6-18-40)44-30-24-34-12-8-10-14-38(34)32-44;1-5-13-33-29(9-1)30-10-2-6-14-34(30)37(33)27-21-17-25(18-22-27)26-19-23-28(24-20-26)38-35-15-7-3-11-31(35)32-12-4-8-16-36(32)38;1-3-30(4-2)25-15-9-8-14-23(25)24-19-18-21(20-26(24)30)29-31-27-16-10-11-17-28(27)32(29)22-12-6-5-7-13-22;1-2-6-10(7-3-1)11-8-4-5-9-12-11;1-4(6)3-5(2)7;2-1-3;1-2-3;;/h1-32H;1-24H;5-17,19-20H,3-4H2,1-2H3;1-6,8-9H;4-7H,3H2,1-2H3;1,3H2;3H;;/q;;2*-1;;;;;. The molecular weight excluding hydrogens is 2140 g/mol. The van der Waals surface area contributed by atoms with Gasteiger partial charge < -0.3 is 43.4 Å². The van der Waals surface area contributed by atoms with E-state index < -0.39 is 0 Å². The van der Waals surface area contributed by atoms with Gasteiger partial charge in [0.1, 0.15) is 0 Å². The zero-order valence-corrected chi connectivity index (χ0v) is 86.9. The molecule has 4 aromatic heterocycles. The molecule has 16 heteroatoms. The number of pyridine rings is 1. The van der Waals surface area contributed by atoms with E-state index in [0.717, 1.165) is 86.3 Å². The van der Waals surface area contributed by atoms with Crippen LogP contribution in [0.15, 0.2) is 484 Å². The molecule has 1 aliphatic rings.